The molecular formula is C6H14NO2S-. The van der Waals surface area contributed by atoms with Gasteiger partial charge in [-0.25, -0.2) is 4.72 Å². The van der Waals surface area contributed by atoms with Gasteiger partial charge in [-0.1, -0.05) is 13.8 Å². The Balaban J connectivity index is 0.000000371. The van der Waals surface area contributed by atoms with E-state index in [-0.39, 0.29) is 0 Å². The quantitative estimate of drug-likeness (QED) is 0.627. The molecule has 1 unspecified atom stereocenters. The van der Waals surface area contributed by atoms with Gasteiger partial charge in [0.1, 0.15) is 0 Å². The zero-order valence-electron chi connectivity index (χ0n) is 6.42. The van der Waals surface area contributed by atoms with Crippen LogP contribution in [-0.4, -0.2) is 15.3 Å². The van der Waals surface area contributed by atoms with Gasteiger partial charge in [0.2, 0.25) is 0 Å². The normalized spacial score (nSPS) is 19.1. The van der Waals surface area contributed by atoms with E-state index in [1.54, 1.807) is 0 Å². The van der Waals surface area contributed by atoms with E-state index in [4.69, 9.17) is 0 Å². The van der Waals surface area contributed by atoms with Crippen LogP contribution in [-0.2, 0) is 11.3 Å². The maximum Gasteiger partial charge on any atom is 0.0181 e. The molecule has 0 aliphatic heterocycles. The van der Waals surface area contributed by atoms with Gasteiger partial charge in [-0.2, -0.15) is 0 Å². The van der Waals surface area contributed by atoms with Crippen LogP contribution in [0.25, 0.3) is 0 Å². The molecular weight excluding hydrogens is 150 g/mol. The molecule has 0 radical (unpaired) electrons. The monoisotopic (exact) mass is 164 g/mol. The summed E-state index contributed by atoms with van der Waals surface area (Å²) in [6, 6.07) is 0. The van der Waals surface area contributed by atoms with E-state index in [1.165, 1.54) is 12.8 Å². The Hall–Kier alpha value is 0.0700. The second-order valence-corrected chi connectivity index (χ2v) is 2.78. The first-order valence-electron chi connectivity index (χ1n) is 3.62. The molecule has 0 heterocycles. The Kier molecular flexibility index (Phi) is 5.87. The van der Waals surface area contributed by atoms with Crippen LogP contribution in [0.4, 0.5) is 0 Å². The van der Waals surface area contributed by atoms with E-state index in [9.17, 15) is 8.76 Å². The van der Waals surface area contributed by atoms with Gasteiger partial charge in [-0.05, 0) is 18.8 Å². The van der Waals surface area contributed by atoms with Gasteiger partial charge in [-0.15, -0.1) is 0 Å². The third-order valence-corrected chi connectivity index (χ3v) is 1.59. The molecule has 62 valence electrons. The molecule has 0 bridgehead atoms. The van der Waals surface area contributed by atoms with Crippen LogP contribution in [0.2, 0.25) is 0 Å². The van der Waals surface area contributed by atoms with E-state index < -0.39 is 11.3 Å². The Bertz CT molecular complexity index is 104. The number of hydrogen-bond acceptors (Lipinski definition) is 2. The van der Waals surface area contributed by atoms with Gasteiger partial charge in [0.05, 0.1) is 0 Å². The van der Waals surface area contributed by atoms with Crippen LogP contribution in [0.15, 0.2) is 0 Å². The molecule has 1 rings (SSSR count). The van der Waals surface area contributed by atoms with Crippen molar-refractivity contribution in [3.8, 4) is 0 Å². The molecule has 0 aromatic heterocycles. The van der Waals surface area contributed by atoms with Crippen molar-refractivity contribution in [3.63, 3.8) is 0 Å². The van der Waals surface area contributed by atoms with Crippen molar-refractivity contribution in [1.82, 2.24) is 4.72 Å². The third-order valence-electron chi connectivity index (χ3n) is 1.19. The summed E-state index contributed by atoms with van der Waals surface area (Å²) >= 11 is -2.05. The zero-order chi connectivity index (χ0) is 7.98. The number of nitrogens with one attached hydrogen (secondary N) is 1. The summed E-state index contributed by atoms with van der Waals surface area (Å²) in [5.74, 6) is 0.632. The van der Waals surface area contributed by atoms with Crippen molar-refractivity contribution >= 4 is 11.3 Å². The van der Waals surface area contributed by atoms with E-state index in [0.717, 1.165) is 0 Å². The summed E-state index contributed by atoms with van der Waals surface area (Å²) in [5, 5.41) is 0. The Morgan fingerprint density at radius 2 is 2.10 bits per heavy atom. The lowest BCUT2D eigenvalue weighted by Gasteiger charge is -2.03. The first-order chi connectivity index (χ1) is 4.79. The molecule has 3 nitrogen and oxygen atoms in total. The zero-order valence-corrected chi connectivity index (χ0v) is 7.24. The Morgan fingerprint density at radius 1 is 1.60 bits per heavy atom. The van der Waals surface area contributed by atoms with E-state index in [1.807, 2.05) is 13.8 Å². The van der Waals surface area contributed by atoms with E-state index in [0.29, 0.717) is 12.5 Å². The molecule has 0 aromatic carbocycles. The lowest BCUT2D eigenvalue weighted by molar-refractivity contribution is 0.520. The molecule has 0 saturated heterocycles. The van der Waals surface area contributed by atoms with Gasteiger partial charge >= 0.3 is 0 Å². The molecule has 0 amide bonds. The van der Waals surface area contributed by atoms with Crippen molar-refractivity contribution in [2.45, 2.75) is 26.7 Å². The Labute approximate surface area is 64.6 Å². The van der Waals surface area contributed by atoms with Crippen LogP contribution in [0.1, 0.15) is 26.7 Å². The predicted molar refractivity (Wildman–Crippen MR) is 41.0 cm³/mol. The summed E-state index contributed by atoms with van der Waals surface area (Å²) in [6.45, 7) is 4.64. The summed E-state index contributed by atoms with van der Waals surface area (Å²) in [5.41, 5.74) is 0. The van der Waals surface area contributed by atoms with Crippen molar-refractivity contribution in [2.24, 2.45) is 5.92 Å². The number of hydrogen-bond donors (Lipinski definition) is 1. The smallest absolute Gasteiger partial charge is 0.0181 e. The standard InChI is InChI=1S/C4H9NO2S.C2H6/c6-8(7)5-3-4-1-2-4;1-2/h4-5H,1-3H2,(H,6,7);1-2H3/p-1. The van der Waals surface area contributed by atoms with Crippen molar-refractivity contribution in [1.29, 1.82) is 0 Å². The second kappa shape index (κ2) is 5.82. The molecule has 1 aliphatic rings. The summed E-state index contributed by atoms with van der Waals surface area (Å²) in [4.78, 5) is 0. The van der Waals surface area contributed by atoms with Crippen LogP contribution in [0, 0.1) is 5.92 Å². The van der Waals surface area contributed by atoms with E-state index in [2.05, 4.69) is 4.72 Å². The number of rotatable bonds is 3. The maximum absolute atomic E-state index is 9.82. The molecule has 1 N–H and O–H groups in total. The first-order valence-corrected chi connectivity index (χ1v) is 4.69. The predicted octanol–water partition coefficient (Wildman–Crippen LogP) is 0.806. The Morgan fingerprint density at radius 3 is 2.40 bits per heavy atom. The lowest BCUT2D eigenvalue weighted by Crippen LogP contribution is -2.18. The fourth-order valence-corrected chi connectivity index (χ4v) is 0.880. The highest BCUT2D eigenvalue weighted by Crippen LogP contribution is 2.27. The second-order valence-electron chi connectivity index (χ2n) is 2.03. The molecule has 1 aliphatic carbocycles. The fourth-order valence-electron chi connectivity index (χ4n) is 0.508. The highest BCUT2D eigenvalue weighted by molar-refractivity contribution is 7.77. The molecule has 0 spiro atoms. The summed E-state index contributed by atoms with van der Waals surface area (Å²) in [7, 11) is 0. The van der Waals surface area contributed by atoms with Crippen molar-refractivity contribution in [3.05, 3.63) is 0 Å². The molecule has 10 heavy (non-hydrogen) atoms. The third kappa shape index (κ3) is 6.19. The van der Waals surface area contributed by atoms with Crippen molar-refractivity contribution in [2.75, 3.05) is 6.54 Å². The summed E-state index contributed by atoms with van der Waals surface area (Å²) in [6.07, 6.45) is 2.37. The minimum absolute atomic E-state index is 0.632. The maximum atomic E-state index is 9.82. The fraction of sp³-hybridized carbons (Fsp3) is 1.00. The average molecular weight is 164 g/mol. The SMILES string of the molecule is CC.O=S([O-])NCC1CC1. The first kappa shape index (κ1) is 10.1. The average Bonchev–Trinajstić information content (AvgIpc) is 2.70. The van der Waals surface area contributed by atoms with Crippen LogP contribution < -0.4 is 4.72 Å². The van der Waals surface area contributed by atoms with Crippen LogP contribution in [0.5, 0.6) is 0 Å². The van der Waals surface area contributed by atoms with Crippen LogP contribution >= 0.6 is 0 Å². The topological polar surface area (TPSA) is 52.2 Å². The summed E-state index contributed by atoms with van der Waals surface area (Å²) < 4.78 is 22.0. The molecule has 4 heteroatoms. The largest absolute Gasteiger partial charge is 0.760 e. The minimum atomic E-state index is -2.05. The van der Waals surface area contributed by atoms with Crippen LogP contribution in [0.3, 0.4) is 0 Å². The van der Waals surface area contributed by atoms with Gasteiger partial charge in [0, 0.05) is 17.8 Å². The lowest BCUT2D eigenvalue weighted by atomic mass is 10.4. The minimum Gasteiger partial charge on any atom is -0.760 e. The van der Waals surface area contributed by atoms with Crippen molar-refractivity contribution < 1.29 is 8.76 Å². The molecule has 1 fully saturated rings. The van der Waals surface area contributed by atoms with Gasteiger partial charge in [-0.3, -0.25) is 4.21 Å². The highest BCUT2D eigenvalue weighted by atomic mass is 32.2. The van der Waals surface area contributed by atoms with Gasteiger partial charge in [0.15, 0.2) is 0 Å². The highest BCUT2D eigenvalue weighted by Gasteiger charge is 2.20. The molecule has 1 saturated carbocycles. The van der Waals surface area contributed by atoms with Gasteiger partial charge in [0.25, 0.3) is 0 Å². The van der Waals surface area contributed by atoms with Gasteiger partial charge < -0.3 is 4.55 Å². The van der Waals surface area contributed by atoms with E-state index >= 15 is 0 Å². The molecule has 1 atom stereocenters. The molecule has 0 aromatic rings.